The molecule has 0 heterocycles. The van der Waals surface area contributed by atoms with Crippen LogP contribution in [0.5, 0.6) is 0 Å². The standard InChI is InChI=1S/C50H68.C2H6/c1-36(10-11-37-16-24-43(25-17-37)49(6,7)46-30-22-41(23-31-46)35-48(4,5)42-32-33-42)47(2,3)34-40-20-28-45(29-21-40)50(8,9)44-26-18-39(19-27-44)15-14-38-12-13-38;1-2/h16-22,24-30,36,38,42H,10-15,23,31-35H2,1-9H3;1-2H3. The summed E-state index contributed by atoms with van der Waals surface area (Å²) in [6, 6.07) is 28.7. The van der Waals surface area contributed by atoms with Crippen LogP contribution in [0.3, 0.4) is 0 Å². The van der Waals surface area contributed by atoms with E-state index in [1.165, 1.54) is 97.6 Å². The van der Waals surface area contributed by atoms with Gasteiger partial charge in [0.1, 0.15) is 0 Å². The summed E-state index contributed by atoms with van der Waals surface area (Å²) in [5.41, 5.74) is 12.7. The molecule has 0 aliphatic heterocycles. The lowest BCUT2D eigenvalue weighted by atomic mass is 9.71. The molecule has 1 unspecified atom stereocenters. The third kappa shape index (κ3) is 10.2. The van der Waals surface area contributed by atoms with Crippen molar-refractivity contribution in [3.8, 4) is 0 Å². The molecule has 3 aliphatic carbocycles. The Labute approximate surface area is 321 Å². The molecule has 0 radical (unpaired) electrons. The fourth-order valence-corrected chi connectivity index (χ4v) is 8.76. The molecule has 2 fully saturated rings. The topological polar surface area (TPSA) is 0 Å². The second-order valence-electron chi connectivity index (χ2n) is 19.4. The maximum Gasteiger partial charge on any atom is 0.0146 e. The van der Waals surface area contributed by atoms with Crippen molar-refractivity contribution in [3.05, 3.63) is 129 Å². The van der Waals surface area contributed by atoms with E-state index in [1.807, 2.05) is 13.8 Å². The number of aryl methyl sites for hydroxylation is 2. The van der Waals surface area contributed by atoms with Crippen molar-refractivity contribution in [1.82, 2.24) is 0 Å². The van der Waals surface area contributed by atoms with Crippen LogP contribution in [-0.2, 0) is 30.1 Å². The van der Waals surface area contributed by atoms with E-state index in [1.54, 1.807) is 11.1 Å². The van der Waals surface area contributed by atoms with E-state index in [-0.39, 0.29) is 16.2 Å². The van der Waals surface area contributed by atoms with Crippen LogP contribution in [-0.4, -0.2) is 0 Å². The first-order valence-electron chi connectivity index (χ1n) is 21.3. The number of benzene rings is 3. The van der Waals surface area contributed by atoms with Gasteiger partial charge in [0, 0.05) is 10.8 Å². The third-order valence-corrected chi connectivity index (χ3v) is 13.8. The quantitative estimate of drug-likeness (QED) is 0.140. The molecular formula is C52H74. The van der Waals surface area contributed by atoms with E-state index in [0.717, 1.165) is 24.7 Å². The van der Waals surface area contributed by atoms with Crippen LogP contribution in [0.1, 0.15) is 167 Å². The van der Waals surface area contributed by atoms with Crippen LogP contribution in [0.2, 0.25) is 0 Å². The second-order valence-corrected chi connectivity index (χ2v) is 19.4. The van der Waals surface area contributed by atoms with E-state index in [9.17, 15) is 0 Å². The smallest absolute Gasteiger partial charge is 0.0146 e. The predicted octanol–water partition coefficient (Wildman–Crippen LogP) is 15.0. The zero-order chi connectivity index (χ0) is 37.7. The Morgan fingerprint density at radius 2 is 1.06 bits per heavy atom. The van der Waals surface area contributed by atoms with Crippen LogP contribution < -0.4 is 0 Å². The van der Waals surface area contributed by atoms with Crippen molar-refractivity contribution in [2.75, 3.05) is 0 Å². The van der Waals surface area contributed by atoms with Gasteiger partial charge in [-0.15, -0.1) is 0 Å². The van der Waals surface area contributed by atoms with Gasteiger partial charge in [0.25, 0.3) is 0 Å². The normalized spacial score (nSPS) is 17.5. The van der Waals surface area contributed by atoms with E-state index < -0.39 is 0 Å². The zero-order valence-corrected chi connectivity index (χ0v) is 35.3. The van der Waals surface area contributed by atoms with Crippen LogP contribution in [0.25, 0.3) is 0 Å². The molecular weight excluding hydrogens is 625 g/mol. The van der Waals surface area contributed by atoms with Crippen LogP contribution in [0.4, 0.5) is 0 Å². The molecule has 0 saturated heterocycles. The maximum atomic E-state index is 2.48. The van der Waals surface area contributed by atoms with Gasteiger partial charge in [-0.3, -0.25) is 0 Å². The molecule has 0 N–H and O–H groups in total. The minimum atomic E-state index is 0.00156. The largest absolute Gasteiger partial charge is 0.0694 e. The summed E-state index contributed by atoms with van der Waals surface area (Å²) in [5.74, 6) is 2.58. The summed E-state index contributed by atoms with van der Waals surface area (Å²) in [6.07, 6.45) is 20.5. The fraction of sp³-hybridized carbons (Fsp3) is 0.577. The average molecular weight is 699 g/mol. The fourth-order valence-electron chi connectivity index (χ4n) is 8.76. The minimum Gasteiger partial charge on any atom is -0.0694 e. The highest BCUT2D eigenvalue weighted by Crippen LogP contribution is 2.50. The summed E-state index contributed by atoms with van der Waals surface area (Å²) < 4.78 is 0. The zero-order valence-electron chi connectivity index (χ0n) is 35.3. The van der Waals surface area contributed by atoms with Crippen molar-refractivity contribution in [2.45, 2.75) is 164 Å². The molecule has 2 saturated carbocycles. The Kier molecular flexibility index (Phi) is 12.9. The molecule has 6 rings (SSSR count). The van der Waals surface area contributed by atoms with E-state index >= 15 is 0 Å². The molecule has 0 heteroatoms. The lowest BCUT2D eigenvalue weighted by Crippen LogP contribution is -2.25. The van der Waals surface area contributed by atoms with Gasteiger partial charge in [0.15, 0.2) is 0 Å². The molecule has 0 nitrogen and oxygen atoms in total. The highest BCUT2D eigenvalue weighted by atomic mass is 14.4. The highest BCUT2D eigenvalue weighted by molar-refractivity contribution is 5.41. The predicted molar refractivity (Wildman–Crippen MR) is 228 cm³/mol. The Bertz CT molecular complexity index is 1630. The van der Waals surface area contributed by atoms with Gasteiger partial charge in [-0.25, -0.2) is 0 Å². The molecule has 3 aromatic rings. The summed E-state index contributed by atoms with van der Waals surface area (Å²) in [6.45, 7) is 26.0. The first-order valence-corrected chi connectivity index (χ1v) is 21.3. The third-order valence-electron chi connectivity index (χ3n) is 13.8. The first kappa shape index (κ1) is 40.3. The molecule has 3 aromatic carbocycles. The second kappa shape index (κ2) is 16.7. The Morgan fingerprint density at radius 1 is 0.558 bits per heavy atom. The summed E-state index contributed by atoms with van der Waals surface area (Å²) in [5, 5.41) is 0. The van der Waals surface area contributed by atoms with Gasteiger partial charge in [0.05, 0.1) is 0 Å². The van der Waals surface area contributed by atoms with Crippen LogP contribution in [0, 0.1) is 28.6 Å². The summed E-state index contributed by atoms with van der Waals surface area (Å²) in [4.78, 5) is 0. The Hall–Kier alpha value is -2.86. The summed E-state index contributed by atoms with van der Waals surface area (Å²) in [7, 11) is 0. The number of rotatable bonds is 16. The van der Waals surface area contributed by atoms with Gasteiger partial charge < -0.3 is 0 Å². The molecule has 0 bridgehead atoms. The first-order chi connectivity index (χ1) is 24.6. The molecule has 52 heavy (non-hydrogen) atoms. The van der Waals surface area contributed by atoms with Crippen LogP contribution >= 0.6 is 0 Å². The lowest BCUT2D eigenvalue weighted by molar-refractivity contribution is 0.216. The van der Waals surface area contributed by atoms with Crippen molar-refractivity contribution < 1.29 is 0 Å². The molecule has 3 aliphatic rings. The molecule has 1 atom stereocenters. The van der Waals surface area contributed by atoms with Crippen molar-refractivity contribution in [2.24, 2.45) is 28.6 Å². The van der Waals surface area contributed by atoms with Gasteiger partial charge in [0.2, 0.25) is 0 Å². The van der Waals surface area contributed by atoms with Gasteiger partial charge in [-0.1, -0.05) is 185 Å². The average Bonchev–Trinajstić information content (AvgIpc) is 4.06. The lowest BCUT2D eigenvalue weighted by Gasteiger charge is -2.33. The number of allylic oxidation sites excluding steroid dienone is 4. The monoisotopic (exact) mass is 699 g/mol. The summed E-state index contributed by atoms with van der Waals surface area (Å²) >= 11 is 0. The molecule has 0 spiro atoms. The SMILES string of the molecule is CC.CC(CCc1ccc(C(C)(C)C2=CC=C(CC(C)(C)C3CC3)CC2)cc1)C(C)(C)Cc1ccc(C(C)(C)c2ccc(CCC3CC3)cc2)cc1. The molecule has 282 valence electrons. The van der Waals surface area contributed by atoms with E-state index in [4.69, 9.17) is 0 Å². The minimum absolute atomic E-state index is 0.00156. The van der Waals surface area contributed by atoms with E-state index in [2.05, 4.69) is 147 Å². The Balaban J connectivity index is 0.00000257. The van der Waals surface area contributed by atoms with Gasteiger partial charge >= 0.3 is 0 Å². The van der Waals surface area contributed by atoms with Crippen molar-refractivity contribution in [1.29, 1.82) is 0 Å². The van der Waals surface area contributed by atoms with Gasteiger partial charge in [-0.2, -0.15) is 0 Å². The Morgan fingerprint density at radius 3 is 1.54 bits per heavy atom. The highest BCUT2D eigenvalue weighted by Gasteiger charge is 2.38. The molecule has 0 aromatic heterocycles. The van der Waals surface area contributed by atoms with Gasteiger partial charge in [-0.05, 0) is 126 Å². The van der Waals surface area contributed by atoms with Crippen LogP contribution in [0.15, 0.2) is 96.1 Å². The number of hydrogen-bond acceptors (Lipinski definition) is 0. The van der Waals surface area contributed by atoms with E-state index in [0.29, 0.717) is 11.3 Å². The number of hydrogen-bond donors (Lipinski definition) is 0. The van der Waals surface area contributed by atoms with Crippen molar-refractivity contribution in [3.63, 3.8) is 0 Å². The maximum absolute atomic E-state index is 2.48. The molecule has 0 amide bonds. The van der Waals surface area contributed by atoms with Crippen molar-refractivity contribution >= 4 is 0 Å².